The van der Waals surface area contributed by atoms with Crippen LogP contribution in [-0.4, -0.2) is 16.9 Å². The average Bonchev–Trinajstić information content (AvgIpc) is 1.96. The minimum Gasteiger partial charge on any atom is -0.281 e. The van der Waals surface area contributed by atoms with Crippen LogP contribution in [0.3, 0.4) is 0 Å². The zero-order valence-electron chi connectivity index (χ0n) is 6.18. The fraction of sp³-hybridized carbons (Fsp3) is 0.714. The van der Waals surface area contributed by atoms with E-state index in [0.717, 1.165) is 19.3 Å². The van der Waals surface area contributed by atoms with E-state index in [1.165, 1.54) is 0 Å². The summed E-state index contributed by atoms with van der Waals surface area (Å²) >= 11 is 9.51. The van der Waals surface area contributed by atoms with Crippen molar-refractivity contribution < 1.29 is 4.79 Å². The van der Waals surface area contributed by atoms with Crippen LogP contribution in [-0.2, 0) is 4.79 Å². The monoisotopic (exact) mass is 191 g/mol. The van der Waals surface area contributed by atoms with E-state index in [1.807, 2.05) is 0 Å². The molecule has 0 saturated carbocycles. The number of hydrogen-bond donors (Lipinski definition) is 0. The standard InChI is InChI=1S/C7H10ClNOS/c8-7(10)4-2-1-3-5-9-6-11/h1-5H2. The van der Waals surface area contributed by atoms with Gasteiger partial charge in [0, 0.05) is 13.0 Å². The second-order valence-electron chi connectivity index (χ2n) is 2.14. The second-order valence-corrected chi connectivity index (χ2v) is 2.74. The van der Waals surface area contributed by atoms with E-state index in [0.29, 0.717) is 13.0 Å². The minimum absolute atomic E-state index is 0.261. The van der Waals surface area contributed by atoms with E-state index in [2.05, 4.69) is 22.4 Å². The van der Waals surface area contributed by atoms with Crippen molar-refractivity contribution in [2.75, 3.05) is 6.54 Å². The molecule has 0 radical (unpaired) electrons. The maximum Gasteiger partial charge on any atom is 0.221 e. The normalized spacial score (nSPS) is 8.82. The van der Waals surface area contributed by atoms with E-state index >= 15 is 0 Å². The summed E-state index contributed by atoms with van der Waals surface area (Å²) in [6.45, 7) is 0.708. The Labute approximate surface area is 76.6 Å². The van der Waals surface area contributed by atoms with Gasteiger partial charge in [-0.2, -0.15) is 0 Å². The molecule has 0 bridgehead atoms. The highest BCUT2D eigenvalue weighted by molar-refractivity contribution is 7.78. The molecule has 0 aliphatic heterocycles. The zero-order chi connectivity index (χ0) is 8.53. The van der Waals surface area contributed by atoms with Crippen molar-refractivity contribution >= 4 is 34.2 Å². The molecule has 62 valence electrons. The first-order valence-corrected chi connectivity index (χ1v) is 4.28. The number of carbonyl (C=O) groups is 1. The molecule has 0 aromatic rings. The van der Waals surface area contributed by atoms with Crippen molar-refractivity contribution in [1.29, 1.82) is 0 Å². The Morgan fingerprint density at radius 3 is 2.73 bits per heavy atom. The molecule has 0 amide bonds. The molecule has 2 nitrogen and oxygen atoms in total. The van der Waals surface area contributed by atoms with E-state index in [4.69, 9.17) is 11.6 Å². The summed E-state index contributed by atoms with van der Waals surface area (Å²) in [5, 5.41) is 2.02. The van der Waals surface area contributed by atoms with Crippen molar-refractivity contribution in [2.45, 2.75) is 25.7 Å². The molecule has 0 N–H and O–H groups in total. The van der Waals surface area contributed by atoms with Gasteiger partial charge in [-0.1, -0.05) is 6.42 Å². The molecule has 0 saturated heterocycles. The number of rotatable bonds is 6. The fourth-order valence-electron chi connectivity index (χ4n) is 0.677. The van der Waals surface area contributed by atoms with E-state index < -0.39 is 0 Å². The molecule has 0 aromatic heterocycles. The highest BCUT2D eigenvalue weighted by atomic mass is 35.5. The van der Waals surface area contributed by atoms with Crippen LogP contribution >= 0.6 is 23.8 Å². The van der Waals surface area contributed by atoms with Crippen molar-refractivity contribution in [3.8, 4) is 0 Å². The predicted octanol–water partition coefficient (Wildman–Crippen LogP) is 2.42. The third-order valence-corrected chi connectivity index (χ3v) is 1.53. The third-order valence-electron chi connectivity index (χ3n) is 1.21. The number of aliphatic imine (C=N–C) groups is 1. The van der Waals surface area contributed by atoms with Crippen LogP contribution in [0.5, 0.6) is 0 Å². The molecule has 11 heavy (non-hydrogen) atoms. The number of halogens is 1. The van der Waals surface area contributed by atoms with Crippen LogP contribution in [0.15, 0.2) is 4.99 Å². The summed E-state index contributed by atoms with van der Waals surface area (Å²) in [7, 11) is 0. The molecule has 0 heterocycles. The highest BCUT2D eigenvalue weighted by Gasteiger charge is 1.94. The van der Waals surface area contributed by atoms with Crippen molar-refractivity contribution in [3.05, 3.63) is 0 Å². The van der Waals surface area contributed by atoms with E-state index in [-0.39, 0.29) is 5.24 Å². The van der Waals surface area contributed by atoms with Gasteiger partial charge in [-0.25, -0.2) is 4.99 Å². The average molecular weight is 192 g/mol. The van der Waals surface area contributed by atoms with Gasteiger partial charge < -0.3 is 0 Å². The second kappa shape index (κ2) is 7.86. The third kappa shape index (κ3) is 9.76. The highest BCUT2D eigenvalue weighted by Crippen LogP contribution is 2.01. The van der Waals surface area contributed by atoms with Crippen molar-refractivity contribution in [1.82, 2.24) is 0 Å². The topological polar surface area (TPSA) is 29.4 Å². The molecule has 0 aromatic carbocycles. The lowest BCUT2D eigenvalue weighted by Crippen LogP contribution is -1.87. The molecule has 0 aliphatic rings. The summed E-state index contributed by atoms with van der Waals surface area (Å²) in [6.07, 6.45) is 3.23. The van der Waals surface area contributed by atoms with Gasteiger partial charge in [-0.05, 0) is 36.7 Å². The Morgan fingerprint density at radius 1 is 1.45 bits per heavy atom. The van der Waals surface area contributed by atoms with Gasteiger partial charge in [-0.15, -0.1) is 0 Å². The lowest BCUT2D eigenvalue weighted by atomic mass is 10.2. The smallest absolute Gasteiger partial charge is 0.221 e. The molecule has 0 fully saturated rings. The first kappa shape index (κ1) is 10.8. The summed E-state index contributed by atoms with van der Waals surface area (Å²) in [5.41, 5.74) is 0. The Hall–Kier alpha value is -0.240. The summed E-state index contributed by atoms with van der Waals surface area (Å²) in [4.78, 5) is 14.0. The van der Waals surface area contributed by atoms with E-state index in [9.17, 15) is 4.79 Å². The fourth-order valence-corrected chi connectivity index (χ4v) is 0.902. The van der Waals surface area contributed by atoms with Crippen LogP contribution in [0, 0.1) is 0 Å². The lowest BCUT2D eigenvalue weighted by Gasteiger charge is -1.92. The van der Waals surface area contributed by atoms with Crippen LogP contribution in [0.25, 0.3) is 0 Å². The quantitative estimate of drug-likeness (QED) is 0.279. The Morgan fingerprint density at radius 2 is 2.18 bits per heavy atom. The Kier molecular flexibility index (Phi) is 7.69. The largest absolute Gasteiger partial charge is 0.281 e. The molecule has 0 rings (SSSR count). The molecule has 4 heteroatoms. The Bertz CT molecular complexity index is 162. The first-order valence-electron chi connectivity index (χ1n) is 3.49. The van der Waals surface area contributed by atoms with Crippen LogP contribution in [0.4, 0.5) is 0 Å². The van der Waals surface area contributed by atoms with Crippen LogP contribution < -0.4 is 0 Å². The summed E-state index contributed by atoms with van der Waals surface area (Å²) < 4.78 is 0. The van der Waals surface area contributed by atoms with Gasteiger partial charge in [0.05, 0.1) is 5.16 Å². The van der Waals surface area contributed by atoms with Gasteiger partial charge in [0.2, 0.25) is 5.24 Å². The SMILES string of the molecule is O=C(Cl)CCCCCN=C=S. The van der Waals surface area contributed by atoms with Gasteiger partial charge in [-0.3, -0.25) is 4.79 Å². The molecular weight excluding hydrogens is 182 g/mol. The van der Waals surface area contributed by atoms with Crippen LogP contribution in [0.1, 0.15) is 25.7 Å². The molecule has 0 spiro atoms. The van der Waals surface area contributed by atoms with Crippen molar-refractivity contribution in [3.63, 3.8) is 0 Å². The van der Waals surface area contributed by atoms with Gasteiger partial charge >= 0.3 is 0 Å². The number of carbonyl (C=O) groups excluding carboxylic acids is 1. The van der Waals surface area contributed by atoms with Crippen molar-refractivity contribution in [2.24, 2.45) is 4.99 Å². The zero-order valence-corrected chi connectivity index (χ0v) is 7.75. The molecular formula is C7H10ClNOS. The minimum atomic E-state index is -0.261. The van der Waals surface area contributed by atoms with E-state index in [1.54, 1.807) is 0 Å². The van der Waals surface area contributed by atoms with Gasteiger partial charge in [0.25, 0.3) is 0 Å². The maximum absolute atomic E-state index is 10.2. The maximum atomic E-state index is 10.2. The molecule has 0 unspecified atom stereocenters. The molecule has 0 aliphatic carbocycles. The number of nitrogens with zero attached hydrogens (tertiary/aromatic N) is 1. The first-order chi connectivity index (χ1) is 5.27. The lowest BCUT2D eigenvalue weighted by molar-refractivity contribution is -0.111. The number of thiocarbonyl (C=S) groups is 1. The Balaban J connectivity index is 3.02. The number of hydrogen-bond acceptors (Lipinski definition) is 3. The number of unbranched alkanes of at least 4 members (excludes halogenated alkanes) is 2. The summed E-state index contributed by atoms with van der Waals surface area (Å²) in [6, 6.07) is 0. The van der Waals surface area contributed by atoms with Gasteiger partial charge in [0.15, 0.2) is 0 Å². The summed E-state index contributed by atoms with van der Waals surface area (Å²) in [5.74, 6) is 0. The van der Waals surface area contributed by atoms with Crippen LogP contribution in [0.2, 0.25) is 0 Å². The predicted molar refractivity (Wildman–Crippen MR) is 49.2 cm³/mol. The van der Waals surface area contributed by atoms with Gasteiger partial charge in [0.1, 0.15) is 0 Å². The molecule has 0 atom stereocenters. The number of isothiocyanates is 1.